The Labute approximate surface area is 126 Å². The number of thiazole rings is 1. The minimum Gasteiger partial charge on any atom is -0.497 e. The van der Waals surface area contributed by atoms with Crippen LogP contribution in [-0.4, -0.2) is 12.1 Å². The summed E-state index contributed by atoms with van der Waals surface area (Å²) in [5.74, 6) is 0.874. The number of rotatable bonds is 5. The van der Waals surface area contributed by atoms with E-state index in [1.54, 1.807) is 18.4 Å². The SMILES string of the molecule is CCc1ccc(CNc2nc3ccc(OC)cc3s2)s1. The van der Waals surface area contributed by atoms with E-state index in [1.165, 1.54) is 9.75 Å². The number of ether oxygens (including phenoxy) is 1. The number of thiophene rings is 1. The van der Waals surface area contributed by atoms with Crippen molar-refractivity contribution >= 4 is 38.0 Å². The number of anilines is 1. The quantitative estimate of drug-likeness (QED) is 0.751. The summed E-state index contributed by atoms with van der Waals surface area (Å²) in [7, 11) is 1.68. The van der Waals surface area contributed by atoms with Gasteiger partial charge in [0.2, 0.25) is 0 Å². The van der Waals surface area contributed by atoms with Gasteiger partial charge in [-0.1, -0.05) is 18.3 Å². The number of aryl methyl sites for hydroxylation is 1. The number of aromatic nitrogens is 1. The topological polar surface area (TPSA) is 34.2 Å². The Hall–Kier alpha value is -1.59. The maximum Gasteiger partial charge on any atom is 0.184 e. The fourth-order valence-electron chi connectivity index (χ4n) is 1.98. The third-order valence-corrected chi connectivity index (χ3v) is 5.28. The van der Waals surface area contributed by atoms with Gasteiger partial charge < -0.3 is 10.1 Å². The first-order chi connectivity index (χ1) is 9.78. The van der Waals surface area contributed by atoms with Crippen LogP contribution in [0.25, 0.3) is 10.2 Å². The highest BCUT2D eigenvalue weighted by molar-refractivity contribution is 7.22. The monoisotopic (exact) mass is 304 g/mol. The number of fused-ring (bicyclic) bond motifs is 1. The summed E-state index contributed by atoms with van der Waals surface area (Å²) < 4.78 is 6.38. The molecule has 3 nitrogen and oxygen atoms in total. The molecule has 5 heteroatoms. The van der Waals surface area contributed by atoms with Gasteiger partial charge in [-0.15, -0.1) is 11.3 Å². The number of methoxy groups -OCH3 is 1. The molecule has 0 bridgehead atoms. The van der Waals surface area contributed by atoms with Crippen LogP contribution in [0.5, 0.6) is 5.75 Å². The fraction of sp³-hybridized carbons (Fsp3) is 0.267. The summed E-state index contributed by atoms with van der Waals surface area (Å²) in [5.41, 5.74) is 1.01. The molecule has 0 spiro atoms. The van der Waals surface area contributed by atoms with Gasteiger partial charge in [-0.2, -0.15) is 0 Å². The van der Waals surface area contributed by atoms with Crippen molar-refractivity contribution in [2.24, 2.45) is 0 Å². The highest BCUT2D eigenvalue weighted by Gasteiger charge is 2.05. The van der Waals surface area contributed by atoms with Crippen LogP contribution in [0.3, 0.4) is 0 Å². The van der Waals surface area contributed by atoms with Crippen molar-refractivity contribution in [1.82, 2.24) is 4.98 Å². The van der Waals surface area contributed by atoms with Gasteiger partial charge in [0.25, 0.3) is 0 Å². The third kappa shape index (κ3) is 2.78. The van der Waals surface area contributed by atoms with Crippen molar-refractivity contribution in [3.63, 3.8) is 0 Å². The lowest BCUT2D eigenvalue weighted by molar-refractivity contribution is 0.415. The van der Waals surface area contributed by atoms with Gasteiger partial charge in [-0.05, 0) is 36.8 Å². The van der Waals surface area contributed by atoms with Gasteiger partial charge in [0.1, 0.15) is 5.75 Å². The van der Waals surface area contributed by atoms with E-state index in [-0.39, 0.29) is 0 Å². The number of nitrogens with zero attached hydrogens (tertiary/aromatic N) is 1. The van der Waals surface area contributed by atoms with E-state index in [2.05, 4.69) is 29.4 Å². The third-order valence-electron chi connectivity index (χ3n) is 3.08. The van der Waals surface area contributed by atoms with Gasteiger partial charge >= 0.3 is 0 Å². The number of benzene rings is 1. The summed E-state index contributed by atoms with van der Waals surface area (Å²) in [6.45, 7) is 3.02. The van der Waals surface area contributed by atoms with E-state index in [0.29, 0.717) is 0 Å². The number of hydrogen-bond acceptors (Lipinski definition) is 5. The second-order valence-corrected chi connectivity index (χ2v) is 6.71. The van der Waals surface area contributed by atoms with Crippen molar-refractivity contribution in [1.29, 1.82) is 0 Å². The van der Waals surface area contributed by atoms with Crippen LogP contribution in [0.15, 0.2) is 30.3 Å². The van der Waals surface area contributed by atoms with Gasteiger partial charge in [0.15, 0.2) is 5.13 Å². The van der Waals surface area contributed by atoms with Crippen LogP contribution in [0.4, 0.5) is 5.13 Å². The van der Waals surface area contributed by atoms with E-state index in [1.807, 2.05) is 29.5 Å². The molecule has 3 rings (SSSR count). The predicted molar refractivity (Wildman–Crippen MR) is 87.2 cm³/mol. The lowest BCUT2D eigenvalue weighted by Crippen LogP contribution is -1.95. The van der Waals surface area contributed by atoms with E-state index in [4.69, 9.17) is 4.74 Å². The number of hydrogen-bond donors (Lipinski definition) is 1. The van der Waals surface area contributed by atoms with Crippen molar-refractivity contribution in [2.75, 3.05) is 12.4 Å². The van der Waals surface area contributed by atoms with Crippen LogP contribution in [-0.2, 0) is 13.0 Å². The Bertz CT molecular complexity index is 718. The molecular weight excluding hydrogens is 288 g/mol. The van der Waals surface area contributed by atoms with E-state index >= 15 is 0 Å². The molecule has 0 saturated heterocycles. The molecule has 1 aromatic carbocycles. The lowest BCUT2D eigenvalue weighted by atomic mass is 10.3. The second-order valence-electron chi connectivity index (χ2n) is 4.43. The largest absolute Gasteiger partial charge is 0.497 e. The molecule has 104 valence electrons. The Morgan fingerprint density at radius 1 is 1.15 bits per heavy atom. The molecule has 2 aromatic heterocycles. The van der Waals surface area contributed by atoms with Crippen LogP contribution in [0.2, 0.25) is 0 Å². The highest BCUT2D eigenvalue weighted by Crippen LogP contribution is 2.29. The molecule has 0 fully saturated rings. The van der Waals surface area contributed by atoms with E-state index in [9.17, 15) is 0 Å². The molecule has 0 atom stereocenters. The molecule has 20 heavy (non-hydrogen) atoms. The second kappa shape index (κ2) is 5.81. The Morgan fingerprint density at radius 2 is 2.00 bits per heavy atom. The zero-order valence-corrected chi connectivity index (χ0v) is 13.1. The van der Waals surface area contributed by atoms with Crippen molar-refractivity contribution < 1.29 is 4.74 Å². The molecule has 0 saturated carbocycles. The summed E-state index contributed by atoms with van der Waals surface area (Å²) in [4.78, 5) is 7.36. The molecule has 2 heterocycles. The van der Waals surface area contributed by atoms with Gasteiger partial charge in [-0.3, -0.25) is 0 Å². The summed E-state index contributed by atoms with van der Waals surface area (Å²) in [6, 6.07) is 10.4. The average molecular weight is 304 g/mol. The van der Waals surface area contributed by atoms with Crippen LogP contribution >= 0.6 is 22.7 Å². The van der Waals surface area contributed by atoms with Crippen molar-refractivity contribution in [3.05, 3.63) is 40.1 Å². The van der Waals surface area contributed by atoms with Gasteiger partial charge in [0, 0.05) is 9.75 Å². The summed E-state index contributed by atoms with van der Waals surface area (Å²) >= 11 is 3.52. The maximum atomic E-state index is 5.24. The molecule has 0 radical (unpaired) electrons. The molecular formula is C15H16N2OS2. The first kappa shape index (κ1) is 13.4. The van der Waals surface area contributed by atoms with Crippen LogP contribution in [0.1, 0.15) is 16.7 Å². The first-order valence-electron chi connectivity index (χ1n) is 6.54. The first-order valence-corrected chi connectivity index (χ1v) is 8.18. The van der Waals surface area contributed by atoms with Crippen LogP contribution < -0.4 is 10.1 Å². The Kier molecular flexibility index (Phi) is 3.89. The van der Waals surface area contributed by atoms with Crippen LogP contribution in [0, 0.1) is 0 Å². The Morgan fingerprint density at radius 3 is 2.75 bits per heavy atom. The smallest absolute Gasteiger partial charge is 0.184 e. The summed E-state index contributed by atoms with van der Waals surface area (Å²) in [6.07, 6.45) is 1.10. The zero-order valence-electron chi connectivity index (χ0n) is 11.5. The molecule has 0 unspecified atom stereocenters. The molecule has 0 aliphatic heterocycles. The van der Waals surface area contributed by atoms with Crippen molar-refractivity contribution in [2.45, 2.75) is 19.9 Å². The average Bonchev–Trinajstić information content (AvgIpc) is 3.10. The number of nitrogens with one attached hydrogen (secondary N) is 1. The molecule has 0 aliphatic rings. The van der Waals surface area contributed by atoms with E-state index in [0.717, 1.165) is 34.1 Å². The standard InChI is InChI=1S/C15H16N2OS2/c1-3-11-5-6-12(19-11)9-16-15-17-13-7-4-10(18-2)8-14(13)20-15/h4-8H,3,9H2,1-2H3,(H,16,17). The fourth-order valence-corrected chi connectivity index (χ4v) is 3.77. The van der Waals surface area contributed by atoms with Gasteiger partial charge in [-0.25, -0.2) is 4.98 Å². The molecule has 0 amide bonds. The lowest BCUT2D eigenvalue weighted by Gasteiger charge is -1.98. The van der Waals surface area contributed by atoms with Gasteiger partial charge in [0.05, 0.1) is 23.9 Å². The van der Waals surface area contributed by atoms with Crippen molar-refractivity contribution in [3.8, 4) is 5.75 Å². The zero-order chi connectivity index (χ0) is 13.9. The minimum absolute atomic E-state index is 0.835. The predicted octanol–water partition coefficient (Wildman–Crippen LogP) is 4.54. The molecule has 3 aromatic rings. The molecule has 1 N–H and O–H groups in total. The highest BCUT2D eigenvalue weighted by atomic mass is 32.1. The molecule has 0 aliphatic carbocycles. The summed E-state index contributed by atoms with van der Waals surface area (Å²) in [5, 5.41) is 4.36. The van der Waals surface area contributed by atoms with E-state index < -0.39 is 0 Å². The Balaban J connectivity index is 1.73. The minimum atomic E-state index is 0.835. The normalized spacial score (nSPS) is 10.9. The maximum absolute atomic E-state index is 5.24.